The van der Waals surface area contributed by atoms with Gasteiger partial charge in [-0.1, -0.05) is 12.1 Å². The number of nitrogens with zero attached hydrogens (tertiary/aromatic N) is 2. The molecule has 3 aliphatic heterocycles. The van der Waals surface area contributed by atoms with Gasteiger partial charge in [0.25, 0.3) is 17.7 Å². The third kappa shape index (κ3) is 5.23. The van der Waals surface area contributed by atoms with E-state index in [0.29, 0.717) is 5.57 Å². The highest BCUT2D eigenvalue weighted by Gasteiger charge is 2.54. The van der Waals surface area contributed by atoms with Gasteiger partial charge < -0.3 is 25.3 Å². The number of esters is 2. The Hall–Kier alpha value is -4.40. The summed E-state index contributed by atoms with van der Waals surface area (Å²) in [5.41, 5.74) is 5.64. The average Bonchev–Trinajstić information content (AvgIpc) is 3.20. The van der Waals surface area contributed by atoms with Crippen molar-refractivity contribution in [1.82, 2.24) is 15.1 Å². The predicted molar refractivity (Wildman–Crippen MR) is 136 cm³/mol. The average molecular weight is 575 g/mol. The number of nitrogens with one attached hydrogen (secondary N) is 1. The van der Waals surface area contributed by atoms with Crippen LogP contribution in [0.3, 0.4) is 0 Å². The second-order valence-electron chi connectivity index (χ2n) is 8.96. The number of amides is 5. The quantitative estimate of drug-likeness (QED) is 0.164. The van der Waals surface area contributed by atoms with E-state index >= 15 is 0 Å². The number of imide groups is 1. The molecule has 0 saturated carbocycles. The molecule has 4 rings (SSSR count). The molecule has 40 heavy (non-hydrogen) atoms. The molecular weight excluding hydrogens is 548 g/mol. The topological polar surface area (TPSA) is 192 Å². The van der Waals surface area contributed by atoms with Crippen molar-refractivity contribution >= 4 is 53.4 Å². The summed E-state index contributed by atoms with van der Waals surface area (Å²) in [7, 11) is 2.28. The molecule has 0 radical (unpaired) electrons. The molecule has 1 fully saturated rings. The molecule has 0 spiro atoms. The third-order valence-corrected chi connectivity index (χ3v) is 7.96. The van der Waals surface area contributed by atoms with Crippen molar-refractivity contribution in [2.45, 2.75) is 36.7 Å². The maximum atomic E-state index is 12.9. The summed E-state index contributed by atoms with van der Waals surface area (Å²) in [6, 6.07) is 4.05. The number of ether oxygens (including phenoxy) is 3. The Morgan fingerprint density at radius 3 is 2.30 bits per heavy atom. The first-order valence-electron chi connectivity index (χ1n) is 12.1. The Kier molecular flexibility index (Phi) is 8.42. The molecule has 1 saturated heterocycles. The summed E-state index contributed by atoms with van der Waals surface area (Å²) in [6.07, 6.45) is -1.09. The molecule has 1 aromatic rings. The van der Waals surface area contributed by atoms with Crippen molar-refractivity contribution in [3.8, 4) is 0 Å². The fourth-order valence-electron chi connectivity index (χ4n) is 4.72. The van der Waals surface area contributed by atoms with Crippen LogP contribution in [0.4, 0.5) is 4.79 Å². The molecule has 0 aliphatic carbocycles. The molecule has 2 unspecified atom stereocenters. The normalized spacial score (nSPS) is 20.3. The van der Waals surface area contributed by atoms with E-state index in [1.54, 1.807) is 12.1 Å². The molecule has 1 aromatic carbocycles. The molecule has 14 nitrogen and oxygen atoms in total. The summed E-state index contributed by atoms with van der Waals surface area (Å²) < 4.78 is 14.4. The number of primary amides is 1. The fraction of sp³-hybridized carbons (Fsp3) is 0.400. The monoisotopic (exact) mass is 574 g/mol. The Morgan fingerprint density at radius 1 is 1.07 bits per heavy atom. The van der Waals surface area contributed by atoms with Gasteiger partial charge in [-0.05, 0) is 25.0 Å². The third-order valence-electron chi connectivity index (χ3n) is 6.62. The number of methoxy groups -OCH3 is 2. The van der Waals surface area contributed by atoms with Crippen LogP contribution in [-0.4, -0.2) is 95.5 Å². The van der Waals surface area contributed by atoms with Crippen LogP contribution in [-0.2, 0) is 33.4 Å². The predicted octanol–water partition coefficient (Wildman–Crippen LogP) is -0.0832. The Bertz CT molecular complexity index is 1290. The summed E-state index contributed by atoms with van der Waals surface area (Å²) in [5.74, 6) is -3.67. The van der Waals surface area contributed by atoms with E-state index < -0.39 is 59.1 Å². The molecule has 0 bridgehead atoms. The van der Waals surface area contributed by atoms with Crippen LogP contribution in [0.15, 0.2) is 35.5 Å². The van der Waals surface area contributed by atoms with Gasteiger partial charge in [0.05, 0.1) is 25.3 Å². The van der Waals surface area contributed by atoms with Crippen LogP contribution in [0.1, 0.15) is 40.0 Å². The van der Waals surface area contributed by atoms with Gasteiger partial charge in [-0.2, -0.15) is 0 Å². The maximum absolute atomic E-state index is 12.9. The zero-order chi connectivity index (χ0) is 29.1. The standard InChI is InChI=1S/C25H26N4O10S/c1-37-23(34)15(28-19(31)13-6-3-4-7-14(13)20(28)32)8-5-9-16(30)27-17-21(33)29-18(24(35)38-2)12(10-39-25(26)36)11-40-22(17)29/h3-4,6-7,15,17,22H,5,8-11H2,1-2H3,(H2,26,36)(H,27,30)/t15?,17?,22-/m0/s1. The van der Waals surface area contributed by atoms with Gasteiger partial charge in [0, 0.05) is 17.7 Å². The number of carbonyl (C=O) groups is 7. The zero-order valence-corrected chi connectivity index (χ0v) is 22.4. The molecule has 3 N–H and O–H groups in total. The largest absolute Gasteiger partial charge is 0.467 e. The number of carbonyl (C=O) groups excluding carboxylic acids is 7. The van der Waals surface area contributed by atoms with Crippen LogP contribution in [0.25, 0.3) is 0 Å². The van der Waals surface area contributed by atoms with Crippen molar-refractivity contribution in [3.63, 3.8) is 0 Å². The number of nitrogens with two attached hydrogens (primary N) is 1. The van der Waals surface area contributed by atoms with Crippen molar-refractivity contribution < 1.29 is 47.8 Å². The van der Waals surface area contributed by atoms with Crippen LogP contribution in [0, 0.1) is 0 Å². The summed E-state index contributed by atoms with van der Waals surface area (Å²) in [5, 5.41) is 2.04. The first-order chi connectivity index (χ1) is 19.1. The minimum atomic E-state index is -1.23. The van der Waals surface area contributed by atoms with Crippen molar-refractivity contribution in [2.24, 2.45) is 5.73 Å². The van der Waals surface area contributed by atoms with Crippen molar-refractivity contribution in [3.05, 3.63) is 46.7 Å². The number of fused-ring (bicyclic) bond motifs is 2. The second kappa shape index (κ2) is 11.8. The first kappa shape index (κ1) is 28.6. The number of β-lactam (4-membered cyclic amide) rings is 1. The van der Waals surface area contributed by atoms with Gasteiger partial charge in [-0.25, -0.2) is 14.4 Å². The van der Waals surface area contributed by atoms with Crippen LogP contribution in [0.5, 0.6) is 0 Å². The van der Waals surface area contributed by atoms with E-state index in [4.69, 9.17) is 19.9 Å². The minimum absolute atomic E-state index is 0.0348. The lowest BCUT2D eigenvalue weighted by atomic mass is 10.0. The van der Waals surface area contributed by atoms with Gasteiger partial charge >= 0.3 is 18.0 Å². The van der Waals surface area contributed by atoms with E-state index in [1.807, 2.05) is 0 Å². The molecule has 3 heterocycles. The Labute approximate surface area is 232 Å². The molecule has 15 heteroatoms. The van der Waals surface area contributed by atoms with Gasteiger partial charge in [-0.3, -0.25) is 29.0 Å². The van der Waals surface area contributed by atoms with E-state index in [1.165, 1.54) is 28.8 Å². The smallest absolute Gasteiger partial charge is 0.404 e. The zero-order valence-electron chi connectivity index (χ0n) is 21.5. The SMILES string of the molecule is COC(=O)C1=C(COC(N)=O)CS[C@H]2C(NC(=O)CCCC(C(=O)OC)N3C(=O)c4ccccc4C3=O)C(=O)N12. The number of hydrogen-bond acceptors (Lipinski definition) is 11. The van der Waals surface area contributed by atoms with Gasteiger partial charge in [0.1, 0.15) is 29.8 Å². The highest BCUT2D eigenvalue weighted by atomic mass is 32.2. The lowest BCUT2D eigenvalue weighted by Gasteiger charge is -2.49. The molecule has 5 amide bonds. The lowest BCUT2D eigenvalue weighted by Crippen LogP contribution is -2.70. The molecule has 212 valence electrons. The van der Waals surface area contributed by atoms with Crippen LogP contribution in [0.2, 0.25) is 0 Å². The number of rotatable bonds is 10. The van der Waals surface area contributed by atoms with Gasteiger partial charge in [0.15, 0.2) is 0 Å². The van der Waals surface area contributed by atoms with Gasteiger partial charge in [-0.15, -0.1) is 11.8 Å². The van der Waals surface area contributed by atoms with E-state index in [2.05, 4.69) is 5.32 Å². The van der Waals surface area contributed by atoms with Crippen molar-refractivity contribution in [2.75, 3.05) is 26.6 Å². The van der Waals surface area contributed by atoms with E-state index in [9.17, 15) is 33.6 Å². The van der Waals surface area contributed by atoms with E-state index in [-0.39, 0.29) is 48.4 Å². The van der Waals surface area contributed by atoms with E-state index in [0.717, 1.165) is 19.1 Å². The number of benzene rings is 1. The number of thioether (sulfide) groups is 1. The second-order valence-corrected chi connectivity index (χ2v) is 10.1. The lowest BCUT2D eigenvalue weighted by molar-refractivity contribution is -0.151. The Morgan fingerprint density at radius 2 is 1.73 bits per heavy atom. The summed E-state index contributed by atoms with van der Waals surface area (Å²) in [4.78, 5) is 89.1. The first-order valence-corrected chi connectivity index (χ1v) is 13.2. The van der Waals surface area contributed by atoms with Crippen LogP contribution < -0.4 is 11.1 Å². The molecule has 0 aromatic heterocycles. The highest BCUT2D eigenvalue weighted by Crippen LogP contribution is 2.40. The van der Waals surface area contributed by atoms with Crippen LogP contribution >= 0.6 is 11.8 Å². The van der Waals surface area contributed by atoms with Crippen molar-refractivity contribution in [1.29, 1.82) is 0 Å². The Balaban J connectivity index is 1.37. The summed E-state index contributed by atoms with van der Waals surface area (Å²) in [6.45, 7) is -0.297. The fourth-order valence-corrected chi connectivity index (χ4v) is 6.05. The molecular formula is C25H26N4O10S. The highest BCUT2D eigenvalue weighted by molar-refractivity contribution is 8.00. The minimum Gasteiger partial charge on any atom is -0.467 e. The summed E-state index contributed by atoms with van der Waals surface area (Å²) >= 11 is 1.25. The molecule has 3 aliphatic rings. The van der Waals surface area contributed by atoms with Gasteiger partial charge in [0.2, 0.25) is 5.91 Å². The number of hydrogen-bond donors (Lipinski definition) is 2. The maximum Gasteiger partial charge on any atom is 0.404 e. The molecule has 3 atom stereocenters.